The zero-order valence-electron chi connectivity index (χ0n) is 24.1. The molecule has 2 aliphatic carbocycles. The smallest absolute Gasteiger partial charge is 0.334 e. The van der Waals surface area contributed by atoms with Crippen LogP contribution in [0.25, 0.3) is 0 Å². The van der Waals surface area contributed by atoms with E-state index in [4.69, 9.17) is 33.2 Å². The molecule has 1 spiro atoms. The number of aliphatic hydroxyl groups is 1. The van der Waals surface area contributed by atoms with E-state index >= 15 is 0 Å². The molecule has 11 heteroatoms. The molecule has 0 aromatic heterocycles. The molecule has 1 N–H and O–H groups in total. The number of hydrogen-bond donors (Lipinski definition) is 1. The molecule has 5 rings (SSSR count). The molecule has 1 aromatic carbocycles. The fourth-order valence-electron chi connectivity index (χ4n) is 6.04. The Hall–Kier alpha value is -3.99. The van der Waals surface area contributed by atoms with Crippen LogP contribution in [0.3, 0.4) is 0 Å². The molecule has 1 aromatic rings. The van der Waals surface area contributed by atoms with Crippen molar-refractivity contribution in [3.63, 3.8) is 0 Å². The van der Waals surface area contributed by atoms with Crippen LogP contribution in [-0.4, -0.2) is 62.2 Å². The van der Waals surface area contributed by atoms with Gasteiger partial charge in [0.05, 0.1) is 14.2 Å². The summed E-state index contributed by atoms with van der Waals surface area (Å²) in [6.07, 6.45) is 0.517. The lowest BCUT2D eigenvalue weighted by atomic mass is 9.60. The van der Waals surface area contributed by atoms with Gasteiger partial charge in [-0.05, 0) is 38.5 Å². The van der Waals surface area contributed by atoms with Gasteiger partial charge in [-0.15, -0.1) is 0 Å². The number of carbonyl (C=O) groups is 3. The first-order chi connectivity index (χ1) is 19.5. The maximum atomic E-state index is 13.5. The zero-order chi connectivity index (χ0) is 29.9. The summed E-state index contributed by atoms with van der Waals surface area (Å²) in [5.74, 6) is -1.57. The Bertz CT molecular complexity index is 1420. The summed E-state index contributed by atoms with van der Waals surface area (Å²) in [6, 6.07) is 1.70. The van der Waals surface area contributed by atoms with Crippen molar-refractivity contribution >= 4 is 17.7 Å². The summed E-state index contributed by atoms with van der Waals surface area (Å²) in [6.45, 7) is 7.93. The second-order valence-corrected chi connectivity index (χ2v) is 10.7. The highest BCUT2D eigenvalue weighted by molar-refractivity contribution is 6.06. The molecule has 41 heavy (non-hydrogen) atoms. The van der Waals surface area contributed by atoms with Crippen molar-refractivity contribution in [1.29, 1.82) is 0 Å². The SMILES string of the molecule is C/C=C(\C)C(=O)O[C@H]1C2=CC(=O)C(OC)=C(OC)[C@@]23COc2c4c(cc(c23)[C@H](OC(=O)CC)[C@H](C)[C@]1(C)O)OCO4. The summed E-state index contributed by atoms with van der Waals surface area (Å²) in [4.78, 5) is 39.5. The Morgan fingerprint density at radius 1 is 1.15 bits per heavy atom. The van der Waals surface area contributed by atoms with Crippen molar-refractivity contribution in [3.05, 3.63) is 52.0 Å². The second kappa shape index (κ2) is 10.1. The monoisotopic (exact) mass is 570 g/mol. The third-order valence-corrected chi connectivity index (χ3v) is 8.54. The third kappa shape index (κ3) is 4.00. The van der Waals surface area contributed by atoms with Crippen molar-refractivity contribution in [2.24, 2.45) is 5.92 Å². The Balaban J connectivity index is 1.91. The lowest BCUT2D eigenvalue weighted by Crippen LogP contribution is -2.57. The molecular formula is C30H34O11. The van der Waals surface area contributed by atoms with Gasteiger partial charge < -0.3 is 38.3 Å². The lowest BCUT2D eigenvalue weighted by Gasteiger charge is -2.49. The lowest BCUT2D eigenvalue weighted by molar-refractivity contribution is -0.178. The number of hydrogen-bond acceptors (Lipinski definition) is 11. The zero-order valence-corrected chi connectivity index (χ0v) is 24.1. The molecule has 0 saturated carbocycles. The fraction of sp³-hybridized carbons (Fsp3) is 0.500. The van der Waals surface area contributed by atoms with Crippen LogP contribution in [0.2, 0.25) is 0 Å². The minimum Gasteiger partial charge on any atom is -0.496 e. The molecule has 0 unspecified atom stereocenters. The van der Waals surface area contributed by atoms with E-state index in [0.29, 0.717) is 33.9 Å². The van der Waals surface area contributed by atoms with E-state index in [-0.39, 0.29) is 36.9 Å². The summed E-state index contributed by atoms with van der Waals surface area (Å²) < 4.78 is 41.2. The van der Waals surface area contributed by atoms with Gasteiger partial charge in [-0.2, -0.15) is 0 Å². The summed E-state index contributed by atoms with van der Waals surface area (Å²) in [5, 5.41) is 12.3. The molecule has 0 saturated heterocycles. The molecule has 0 bridgehead atoms. The molecule has 0 fully saturated rings. The van der Waals surface area contributed by atoms with Crippen LogP contribution in [-0.2, 0) is 38.7 Å². The van der Waals surface area contributed by atoms with Crippen molar-refractivity contribution < 1.29 is 52.6 Å². The van der Waals surface area contributed by atoms with Crippen LogP contribution in [0, 0.1) is 5.92 Å². The van der Waals surface area contributed by atoms with Crippen LogP contribution in [0.15, 0.2) is 40.9 Å². The number of ether oxygens (including phenoxy) is 7. The van der Waals surface area contributed by atoms with Crippen LogP contribution >= 0.6 is 0 Å². The number of carbonyl (C=O) groups excluding carboxylic acids is 3. The number of methoxy groups -OCH3 is 2. The normalized spacial score (nSPS) is 29.9. The molecule has 11 nitrogen and oxygen atoms in total. The first-order valence-electron chi connectivity index (χ1n) is 13.4. The van der Waals surface area contributed by atoms with E-state index in [0.717, 1.165) is 0 Å². The van der Waals surface area contributed by atoms with Gasteiger partial charge in [0.15, 0.2) is 23.4 Å². The quantitative estimate of drug-likeness (QED) is 0.398. The van der Waals surface area contributed by atoms with Gasteiger partial charge in [0.2, 0.25) is 24.1 Å². The van der Waals surface area contributed by atoms with Gasteiger partial charge in [0, 0.05) is 29.0 Å². The predicted octanol–water partition coefficient (Wildman–Crippen LogP) is 3.33. The molecule has 2 heterocycles. The van der Waals surface area contributed by atoms with E-state index in [1.54, 1.807) is 39.8 Å². The average Bonchev–Trinajstić information content (AvgIpc) is 3.59. The summed E-state index contributed by atoms with van der Waals surface area (Å²) in [5.41, 5.74) is -1.83. The van der Waals surface area contributed by atoms with E-state index in [1.807, 2.05) is 0 Å². The van der Waals surface area contributed by atoms with Crippen LogP contribution in [0.1, 0.15) is 58.3 Å². The third-order valence-electron chi connectivity index (χ3n) is 8.54. The van der Waals surface area contributed by atoms with E-state index in [9.17, 15) is 19.5 Å². The first kappa shape index (κ1) is 28.5. The number of fused-ring (bicyclic) bond motifs is 2. The molecule has 220 valence electrons. The van der Waals surface area contributed by atoms with Gasteiger partial charge in [-0.1, -0.05) is 19.9 Å². The van der Waals surface area contributed by atoms with E-state index in [2.05, 4.69) is 0 Å². The number of benzene rings is 1. The topological polar surface area (TPSA) is 136 Å². The molecule has 2 aliphatic heterocycles. The summed E-state index contributed by atoms with van der Waals surface area (Å²) in [7, 11) is 2.74. The molecule has 0 amide bonds. The average molecular weight is 571 g/mol. The summed E-state index contributed by atoms with van der Waals surface area (Å²) >= 11 is 0. The maximum absolute atomic E-state index is 13.5. The standard InChI is InChI=1S/C30H34O11/c1-8-14(3)28(33)41-26-17-11-18(31)23(35-6)27(36-7)30(17)12-37-25-21(30)16(10-19-24(25)39-13-38-19)22(40-20(32)9-2)15(4)29(26,5)34/h8,10-11,15,22,26,34H,9,12-13H2,1-7H3/b14-8+/t15-,22+,26-,29-,30-/m0/s1. The second-order valence-electron chi connectivity index (χ2n) is 10.7. The van der Waals surface area contributed by atoms with Crippen LogP contribution < -0.4 is 14.2 Å². The van der Waals surface area contributed by atoms with Gasteiger partial charge in [0.1, 0.15) is 23.7 Å². The Morgan fingerprint density at radius 3 is 2.51 bits per heavy atom. The largest absolute Gasteiger partial charge is 0.496 e. The molecular weight excluding hydrogens is 536 g/mol. The number of allylic oxidation sites excluding steroid dienone is 2. The Kier molecular flexibility index (Phi) is 7.05. The van der Waals surface area contributed by atoms with Gasteiger partial charge in [0.25, 0.3) is 0 Å². The fourth-order valence-corrected chi connectivity index (χ4v) is 6.04. The van der Waals surface area contributed by atoms with E-state index < -0.39 is 46.9 Å². The van der Waals surface area contributed by atoms with Gasteiger partial charge in [-0.3, -0.25) is 9.59 Å². The minimum atomic E-state index is -1.87. The minimum absolute atomic E-state index is 0.0609. The number of rotatable bonds is 6. The van der Waals surface area contributed by atoms with Gasteiger partial charge >= 0.3 is 11.9 Å². The predicted molar refractivity (Wildman–Crippen MR) is 142 cm³/mol. The molecule has 0 radical (unpaired) electrons. The van der Waals surface area contributed by atoms with Crippen molar-refractivity contribution in [2.75, 3.05) is 27.6 Å². The van der Waals surface area contributed by atoms with Crippen LogP contribution in [0.5, 0.6) is 17.2 Å². The van der Waals surface area contributed by atoms with Crippen molar-refractivity contribution in [3.8, 4) is 17.2 Å². The van der Waals surface area contributed by atoms with Crippen molar-refractivity contribution in [1.82, 2.24) is 0 Å². The first-order valence-corrected chi connectivity index (χ1v) is 13.4. The Morgan fingerprint density at radius 2 is 1.88 bits per heavy atom. The highest BCUT2D eigenvalue weighted by Gasteiger charge is 2.64. The van der Waals surface area contributed by atoms with Crippen LogP contribution in [0.4, 0.5) is 0 Å². The Labute approximate surface area is 237 Å². The molecule has 4 aliphatic rings. The molecule has 5 atom stereocenters. The number of esters is 2. The van der Waals surface area contributed by atoms with E-state index in [1.165, 1.54) is 27.2 Å². The van der Waals surface area contributed by atoms with Gasteiger partial charge in [-0.25, -0.2) is 4.79 Å². The highest BCUT2D eigenvalue weighted by Crippen LogP contribution is 2.63. The highest BCUT2D eigenvalue weighted by atomic mass is 16.7. The van der Waals surface area contributed by atoms with Crippen molar-refractivity contribution in [2.45, 2.75) is 64.3 Å². The number of ketones is 1. The maximum Gasteiger partial charge on any atom is 0.334 e.